The molecular formula is C11H13FN4O2. The Kier molecular flexibility index (Phi) is 3.40. The second kappa shape index (κ2) is 4.99. The van der Waals surface area contributed by atoms with Gasteiger partial charge in [-0.2, -0.15) is 0 Å². The van der Waals surface area contributed by atoms with Crippen LogP contribution in [0, 0.1) is 5.82 Å². The molecule has 1 fully saturated rings. The maximum atomic E-state index is 13.6. The lowest BCUT2D eigenvalue weighted by atomic mass is 10.1. The zero-order valence-corrected chi connectivity index (χ0v) is 9.57. The third kappa shape index (κ3) is 2.39. The van der Waals surface area contributed by atoms with Gasteiger partial charge in [-0.15, -0.1) is 0 Å². The molecule has 1 aromatic heterocycles. The summed E-state index contributed by atoms with van der Waals surface area (Å²) in [6.45, 7) is 0.599. The fraction of sp³-hybridized carbons (Fsp3) is 0.364. The second-order valence-electron chi connectivity index (χ2n) is 4.02. The van der Waals surface area contributed by atoms with Crippen molar-refractivity contribution in [1.29, 1.82) is 0 Å². The van der Waals surface area contributed by atoms with E-state index in [0.29, 0.717) is 13.0 Å². The molecule has 1 aromatic rings. The lowest BCUT2D eigenvalue weighted by Gasteiger charge is -2.22. The molecular weight excluding hydrogens is 239 g/mol. The molecule has 1 saturated heterocycles. The zero-order chi connectivity index (χ0) is 13.1. The highest BCUT2D eigenvalue weighted by Crippen LogP contribution is 2.12. The molecule has 0 spiro atoms. The summed E-state index contributed by atoms with van der Waals surface area (Å²) in [5, 5.41) is 5.11. The number of halogens is 1. The molecule has 2 heterocycles. The van der Waals surface area contributed by atoms with E-state index in [4.69, 9.17) is 5.73 Å². The number of pyridine rings is 1. The number of piperidine rings is 1. The van der Waals surface area contributed by atoms with E-state index in [-0.39, 0.29) is 17.3 Å². The number of rotatable bonds is 2. The monoisotopic (exact) mass is 252 g/mol. The van der Waals surface area contributed by atoms with E-state index in [2.05, 4.69) is 15.6 Å². The average molecular weight is 252 g/mol. The fourth-order valence-corrected chi connectivity index (χ4v) is 1.78. The first-order valence-corrected chi connectivity index (χ1v) is 5.58. The van der Waals surface area contributed by atoms with Crippen molar-refractivity contribution in [1.82, 2.24) is 15.6 Å². The molecule has 96 valence electrons. The maximum Gasteiger partial charge on any atom is 0.255 e. The lowest BCUT2D eigenvalue weighted by molar-refractivity contribution is -0.124. The van der Waals surface area contributed by atoms with Crippen LogP contribution >= 0.6 is 0 Å². The number of nitrogen functional groups attached to an aromatic ring is 1. The minimum Gasteiger partial charge on any atom is -0.381 e. The molecule has 0 radical (unpaired) electrons. The van der Waals surface area contributed by atoms with Gasteiger partial charge in [0.05, 0.1) is 5.56 Å². The van der Waals surface area contributed by atoms with E-state index in [9.17, 15) is 14.0 Å². The predicted molar refractivity (Wildman–Crippen MR) is 62.1 cm³/mol. The van der Waals surface area contributed by atoms with Gasteiger partial charge in [0.2, 0.25) is 5.91 Å². The van der Waals surface area contributed by atoms with Crippen LogP contribution in [0.15, 0.2) is 12.3 Å². The first kappa shape index (κ1) is 12.3. The van der Waals surface area contributed by atoms with Crippen LogP contribution < -0.4 is 16.4 Å². The third-order valence-corrected chi connectivity index (χ3v) is 2.75. The van der Waals surface area contributed by atoms with E-state index < -0.39 is 17.8 Å². The number of aromatic nitrogens is 1. The minimum atomic E-state index is -0.869. The molecule has 1 unspecified atom stereocenters. The summed E-state index contributed by atoms with van der Waals surface area (Å²) in [4.78, 5) is 26.8. The van der Waals surface area contributed by atoms with Crippen molar-refractivity contribution in [2.75, 3.05) is 12.3 Å². The Morgan fingerprint density at radius 1 is 1.61 bits per heavy atom. The van der Waals surface area contributed by atoms with Crippen LogP contribution in [-0.2, 0) is 4.79 Å². The number of hydrogen-bond acceptors (Lipinski definition) is 4. The molecule has 0 bridgehead atoms. The van der Waals surface area contributed by atoms with E-state index >= 15 is 0 Å². The van der Waals surface area contributed by atoms with Gasteiger partial charge in [0.15, 0.2) is 11.6 Å². The van der Waals surface area contributed by atoms with Crippen molar-refractivity contribution in [3.05, 3.63) is 23.6 Å². The summed E-state index contributed by atoms with van der Waals surface area (Å²) >= 11 is 0. The van der Waals surface area contributed by atoms with E-state index in [1.807, 2.05) is 0 Å². The van der Waals surface area contributed by atoms with Gasteiger partial charge < -0.3 is 16.4 Å². The number of nitrogens with zero attached hydrogens (tertiary/aromatic N) is 1. The number of carbonyl (C=O) groups excluding carboxylic acids is 2. The Balaban J connectivity index is 2.12. The van der Waals surface area contributed by atoms with Crippen molar-refractivity contribution >= 4 is 17.6 Å². The SMILES string of the molecule is Nc1nccc(C(=O)NC2CCCNC2=O)c1F. The summed E-state index contributed by atoms with van der Waals surface area (Å²) in [6.07, 6.45) is 2.56. The summed E-state index contributed by atoms with van der Waals surface area (Å²) in [5.41, 5.74) is 5.07. The van der Waals surface area contributed by atoms with Gasteiger partial charge in [-0.3, -0.25) is 9.59 Å². The highest BCUT2D eigenvalue weighted by molar-refractivity contribution is 5.98. The van der Waals surface area contributed by atoms with Crippen LogP contribution in [-0.4, -0.2) is 29.4 Å². The van der Waals surface area contributed by atoms with Crippen LogP contribution in [0.5, 0.6) is 0 Å². The van der Waals surface area contributed by atoms with Crippen LogP contribution in [0.4, 0.5) is 10.2 Å². The van der Waals surface area contributed by atoms with Gasteiger partial charge in [0.1, 0.15) is 6.04 Å². The lowest BCUT2D eigenvalue weighted by Crippen LogP contribution is -2.50. The first-order valence-electron chi connectivity index (χ1n) is 5.58. The van der Waals surface area contributed by atoms with E-state index in [1.54, 1.807) is 0 Å². The number of amides is 2. The molecule has 1 atom stereocenters. The number of nitrogens with two attached hydrogens (primary N) is 1. The molecule has 1 aliphatic heterocycles. The highest BCUT2D eigenvalue weighted by atomic mass is 19.1. The largest absolute Gasteiger partial charge is 0.381 e. The fourth-order valence-electron chi connectivity index (χ4n) is 1.78. The molecule has 0 aliphatic carbocycles. The Morgan fingerprint density at radius 2 is 2.39 bits per heavy atom. The third-order valence-electron chi connectivity index (χ3n) is 2.75. The van der Waals surface area contributed by atoms with Crippen LogP contribution in [0.1, 0.15) is 23.2 Å². The molecule has 7 heteroatoms. The molecule has 4 N–H and O–H groups in total. The van der Waals surface area contributed by atoms with Gasteiger partial charge in [0.25, 0.3) is 5.91 Å². The minimum absolute atomic E-state index is 0.208. The van der Waals surface area contributed by atoms with Gasteiger partial charge in [0, 0.05) is 12.7 Å². The summed E-state index contributed by atoms with van der Waals surface area (Å²) in [7, 11) is 0. The molecule has 6 nitrogen and oxygen atoms in total. The topological polar surface area (TPSA) is 97.1 Å². The van der Waals surface area contributed by atoms with Crippen LogP contribution in [0.2, 0.25) is 0 Å². The summed E-state index contributed by atoms with van der Waals surface area (Å²) in [6, 6.07) is 0.599. The summed E-state index contributed by atoms with van der Waals surface area (Å²) in [5.74, 6) is -2.12. The van der Waals surface area contributed by atoms with Gasteiger partial charge in [-0.05, 0) is 18.9 Å². The van der Waals surface area contributed by atoms with E-state index in [0.717, 1.165) is 6.42 Å². The van der Waals surface area contributed by atoms with Gasteiger partial charge in [-0.1, -0.05) is 0 Å². The van der Waals surface area contributed by atoms with Crippen molar-refractivity contribution in [2.24, 2.45) is 0 Å². The van der Waals surface area contributed by atoms with Gasteiger partial charge in [-0.25, -0.2) is 9.37 Å². The van der Waals surface area contributed by atoms with Gasteiger partial charge >= 0.3 is 0 Å². The number of nitrogens with one attached hydrogen (secondary N) is 2. The van der Waals surface area contributed by atoms with E-state index in [1.165, 1.54) is 12.3 Å². The smallest absolute Gasteiger partial charge is 0.255 e. The maximum absolute atomic E-state index is 13.6. The Bertz CT molecular complexity index is 492. The summed E-state index contributed by atoms with van der Waals surface area (Å²) < 4.78 is 13.6. The zero-order valence-electron chi connectivity index (χ0n) is 9.57. The molecule has 18 heavy (non-hydrogen) atoms. The Hall–Kier alpha value is -2.18. The standard InChI is InChI=1S/C11H13FN4O2/c12-8-6(3-5-14-9(8)13)10(17)16-7-2-1-4-15-11(7)18/h3,5,7H,1-2,4H2,(H2,13,14)(H,15,18)(H,16,17). The molecule has 2 amide bonds. The van der Waals surface area contributed by atoms with Crippen LogP contribution in [0.25, 0.3) is 0 Å². The number of carbonyl (C=O) groups is 2. The second-order valence-corrected chi connectivity index (χ2v) is 4.02. The predicted octanol–water partition coefficient (Wildman–Crippen LogP) is -0.189. The number of hydrogen-bond donors (Lipinski definition) is 3. The molecule has 1 aliphatic rings. The Labute approximate surface area is 103 Å². The van der Waals surface area contributed by atoms with Crippen molar-refractivity contribution < 1.29 is 14.0 Å². The van der Waals surface area contributed by atoms with Crippen molar-refractivity contribution in [2.45, 2.75) is 18.9 Å². The molecule has 0 aromatic carbocycles. The normalized spacial score (nSPS) is 19.2. The van der Waals surface area contributed by atoms with Crippen molar-refractivity contribution in [3.8, 4) is 0 Å². The first-order chi connectivity index (χ1) is 8.59. The quantitative estimate of drug-likeness (QED) is 0.679. The van der Waals surface area contributed by atoms with Crippen molar-refractivity contribution in [3.63, 3.8) is 0 Å². The number of anilines is 1. The highest BCUT2D eigenvalue weighted by Gasteiger charge is 2.25. The van der Waals surface area contributed by atoms with Crippen LogP contribution in [0.3, 0.4) is 0 Å². The molecule has 0 saturated carbocycles. The Morgan fingerprint density at radius 3 is 3.11 bits per heavy atom. The molecule has 2 rings (SSSR count). The average Bonchev–Trinajstić information content (AvgIpc) is 2.35.